The fourth-order valence-corrected chi connectivity index (χ4v) is 3.64. The maximum absolute atomic E-state index is 12.5. The van der Waals surface area contributed by atoms with Crippen molar-refractivity contribution >= 4 is 17.4 Å². The molecule has 1 saturated heterocycles. The lowest BCUT2D eigenvalue weighted by molar-refractivity contribution is -0.136. The van der Waals surface area contributed by atoms with Crippen LogP contribution in [0.1, 0.15) is 33.1 Å². The minimum absolute atomic E-state index is 0.0504. The first-order valence-corrected chi connectivity index (χ1v) is 9.62. The predicted molar refractivity (Wildman–Crippen MR) is 106 cm³/mol. The van der Waals surface area contributed by atoms with Crippen LogP contribution in [-0.4, -0.2) is 58.6 Å². The molecule has 0 aromatic carbocycles. The first-order valence-electron chi connectivity index (χ1n) is 9.62. The molecule has 1 atom stereocenters. The van der Waals surface area contributed by atoms with Crippen LogP contribution in [0.2, 0.25) is 0 Å². The van der Waals surface area contributed by atoms with Gasteiger partial charge in [0.15, 0.2) is 0 Å². The molecule has 4 N–H and O–H groups in total. The SMILES string of the molecule is CC(C)(N)C(=O)N1CCN(c2ccn(C3=CCC(CN)CC3)c(=O)n2)CC1. The van der Waals surface area contributed by atoms with E-state index in [1.54, 1.807) is 29.5 Å². The molecule has 0 spiro atoms. The third-order valence-corrected chi connectivity index (χ3v) is 5.37. The van der Waals surface area contributed by atoms with Crippen LogP contribution in [0.4, 0.5) is 5.82 Å². The Hall–Kier alpha value is -2.19. The number of nitrogens with two attached hydrogens (primary N) is 2. The molecule has 3 rings (SSSR count). The zero-order chi connectivity index (χ0) is 19.6. The van der Waals surface area contributed by atoms with E-state index in [-0.39, 0.29) is 11.6 Å². The largest absolute Gasteiger partial charge is 0.353 e. The van der Waals surface area contributed by atoms with Crippen molar-refractivity contribution in [1.82, 2.24) is 14.5 Å². The molecule has 1 aromatic heterocycles. The standard InChI is InChI=1S/C19H30N6O2/c1-19(2,21)17(26)24-11-9-23(10-12-24)16-7-8-25(18(27)22-16)15-5-3-14(13-20)4-6-15/h5,7-8,14H,3-4,6,9-13,20-21H2,1-2H3. The molecule has 0 bridgehead atoms. The highest BCUT2D eigenvalue weighted by atomic mass is 16.2. The fraction of sp³-hybridized carbons (Fsp3) is 0.632. The number of amides is 1. The van der Waals surface area contributed by atoms with E-state index >= 15 is 0 Å². The van der Waals surface area contributed by atoms with Crippen LogP contribution in [-0.2, 0) is 4.79 Å². The highest BCUT2D eigenvalue weighted by Crippen LogP contribution is 2.25. The number of piperazine rings is 1. The van der Waals surface area contributed by atoms with Gasteiger partial charge in [-0.1, -0.05) is 6.08 Å². The lowest BCUT2D eigenvalue weighted by Crippen LogP contribution is -2.57. The number of anilines is 1. The lowest BCUT2D eigenvalue weighted by Gasteiger charge is -2.38. The Balaban J connectivity index is 1.66. The number of aromatic nitrogens is 2. The van der Waals surface area contributed by atoms with Gasteiger partial charge in [-0.15, -0.1) is 0 Å². The monoisotopic (exact) mass is 374 g/mol. The number of carbonyl (C=O) groups is 1. The molecule has 1 aliphatic carbocycles. The van der Waals surface area contributed by atoms with Crippen LogP contribution in [0.5, 0.6) is 0 Å². The summed E-state index contributed by atoms with van der Waals surface area (Å²) in [6.45, 7) is 6.56. The second-order valence-corrected chi connectivity index (χ2v) is 8.01. The van der Waals surface area contributed by atoms with Crippen LogP contribution in [0.3, 0.4) is 0 Å². The molecule has 27 heavy (non-hydrogen) atoms. The quantitative estimate of drug-likeness (QED) is 0.780. The fourth-order valence-electron chi connectivity index (χ4n) is 3.64. The molecule has 1 fully saturated rings. The van der Waals surface area contributed by atoms with Gasteiger partial charge in [0.2, 0.25) is 5.91 Å². The van der Waals surface area contributed by atoms with Gasteiger partial charge in [0.05, 0.1) is 5.54 Å². The number of nitrogens with zero attached hydrogens (tertiary/aromatic N) is 4. The van der Waals surface area contributed by atoms with Gasteiger partial charge >= 0.3 is 5.69 Å². The van der Waals surface area contributed by atoms with Gasteiger partial charge in [-0.3, -0.25) is 9.36 Å². The summed E-state index contributed by atoms with van der Waals surface area (Å²) in [7, 11) is 0. The molecule has 0 radical (unpaired) electrons. The Kier molecular flexibility index (Phi) is 5.67. The van der Waals surface area contributed by atoms with Crippen molar-refractivity contribution in [2.24, 2.45) is 17.4 Å². The van der Waals surface area contributed by atoms with E-state index in [0.717, 1.165) is 25.0 Å². The molecule has 2 heterocycles. The van der Waals surface area contributed by atoms with E-state index in [4.69, 9.17) is 11.5 Å². The summed E-state index contributed by atoms with van der Waals surface area (Å²) in [4.78, 5) is 32.9. The maximum Gasteiger partial charge on any atom is 0.353 e. The van der Waals surface area contributed by atoms with Crippen molar-refractivity contribution in [1.29, 1.82) is 0 Å². The van der Waals surface area contributed by atoms with Crippen molar-refractivity contribution in [3.8, 4) is 0 Å². The third kappa shape index (κ3) is 4.39. The van der Waals surface area contributed by atoms with Crippen molar-refractivity contribution in [3.63, 3.8) is 0 Å². The van der Waals surface area contributed by atoms with E-state index in [0.29, 0.717) is 44.5 Å². The molecule has 1 aliphatic heterocycles. The summed E-state index contributed by atoms with van der Waals surface area (Å²) in [6, 6.07) is 1.88. The molecule has 1 amide bonds. The predicted octanol–water partition coefficient (Wildman–Crippen LogP) is 0.229. The lowest BCUT2D eigenvalue weighted by atomic mass is 9.92. The molecule has 148 valence electrons. The van der Waals surface area contributed by atoms with Crippen LogP contribution < -0.4 is 22.1 Å². The van der Waals surface area contributed by atoms with Gasteiger partial charge in [0, 0.05) is 38.1 Å². The molecule has 1 aromatic rings. The first-order chi connectivity index (χ1) is 12.8. The van der Waals surface area contributed by atoms with E-state index < -0.39 is 5.54 Å². The Morgan fingerprint density at radius 1 is 1.30 bits per heavy atom. The average Bonchev–Trinajstić information content (AvgIpc) is 2.67. The van der Waals surface area contributed by atoms with E-state index in [1.807, 2.05) is 11.0 Å². The van der Waals surface area contributed by atoms with Gasteiger partial charge in [0.25, 0.3) is 0 Å². The molecule has 8 nitrogen and oxygen atoms in total. The summed E-state index contributed by atoms with van der Waals surface area (Å²) < 4.78 is 1.63. The van der Waals surface area contributed by atoms with Gasteiger partial charge in [-0.05, 0) is 51.6 Å². The molecule has 8 heteroatoms. The van der Waals surface area contributed by atoms with Crippen LogP contribution in [0.25, 0.3) is 5.70 Å². The number of allylic oxidation sites excluding steroid dienone is 2. The van der Waals surface area contributed by atoms with E-state index in [2.05, 4.69) is 11.1 Å². The van der Waals surface area contributed by atoms with Crippen molar-refractivity contribution in [2.75, 3.05) is 37.6 Å². The van der Waals surface area contributed by atoms with Crippen LogP contribution in [0, 0.1) is 5.92 Å². The Morgan fingerprint density at radius 3 is 2.52 bits per heavy atom. The minimum atomic E-state index is -0.864. The second-order valence-electron chi connectivity index (χ2n) is 8.01. The molecule has 0 saturated carbocycles. The minimum Gasteiger partial charge on any atom is -0.353 e. The second kappa shape index (κ2) is 7.82. The number of rotatable bonds is 4. The van der Waals surface area contributed by atoms with Crippen LogP contribution in [0.15, 0.2) is 23.1 Å². The number of hydrogen-bond donors (Lipinski definition) is 2. The summed E-state index contributed by atoms with van der Waals surface area (Å²) in [5.41, 5.74) is 11.5. The zero-order valence-electron chi connectivity index (χ0n) is 16.2. The molecular weight excluding hydrogens is 344 g/mol. The van der Waals surface area contributed by atoms with Gasteiger partial charge in [-0.2, -0.15) is 4.98 Å². The van der Waals surface area contributed by atoms with Gasteiger partial charge in [0.1, 0.15) is 5.82 Å². The highest BCUT2D eigenvalue weighted by molar-refractivity contribution is 5.85. The molecular formula is C19H30N6O2. The summed E-state index contributed by atoms with van der Waals surface area (Å²) in [6.07, 6.45) is 6.67. The van der Waals surface area contributed by atoms with Crippen molar-refractivity contribution in [3.05, 3.63) is 28.8 Å². The summed E-state index contributed by atoms with van der Waals surface area (Å²) in [5, 5.41) is 0. The smallest absolute Gasteiger partial charge is 0.353 e. The van der Waals surface area contributed by atoms with Gasteiger partial charge < -0.3 is 21.3 Å². The molecule has 2 aliphatic rings. The first kappa shape index (κ1) is 19.6. The normalized spacial score (nSPS) is 21.2. The van der Waals surface area contributed by atoms with Crippen molar-refractivity contribution in [2.45, 2.75) is 38.6 Å². The zero-order valence-corrected chi connectivity index (χ0v) is 16.2. The highest BCUT2D eigenvalue weighted by Gasteiger charge is 2.30. The number of carbonyl (C=O) groups excluding carboxylic acids is 1. The van der Waals surface area contributed by atoms with Gasteiger partial charge in [-0.25, -0.2) is 4.79 Å². The number of hydrogen-bond acceptors (Lipinski definition) is 6. The Bertz CT molecular complexity index is 771. The van der Waals surface area contributed by atoms with E-state index in [9.17, 15) is 9.59 Å². The Morgan fingerprint density at radius 2 is 2.00 bits per heavy atom. The average molecular weight is 374 g/mol. The van der Waals surface area contributed by atoms with Crippen molar-refractivity contribution < 1.29 is 4.79 Å². The summed E-state index contributed by atoms with van der Waals surface area (Å²) in [5.74, 6) is 1.12. The van der Waals surface area contributed by atoms with E-state index in [1.165, 1.54) is 0 Å². The Labute approximate surface area is 159 Å². The van der Waals surface area contributed by atoms with Crippen LogP contribution >= 0.6 is 0 Å². The maximum atomic E-state index is 12.5. The summed E-state index contributed by atoms with van der Waals surface area (Å²) >= 11 is 0. The topological polar surface area (TPSA) is 110 Å². The molecule has 1 unspecified atom stereocenters. The third-order valence-electron chi connectivity index (χ3n) is 5.37.